The van der Waals surface area contributed by atoms with Crippen LogP contribution in [0.2, 0.25) is 0 Å². The van der Waals surface area contributed by atoms with Gasteiger partial charge in [0.05, 0.1) is 10.7 Å². The maximum Gasteiger partial charge on any atom is 0.220 e. The predicted molar refractivity (Wildman–Crippen MR) is 80.3 cm³/mol. The van der Waals surface area contributed by atoms with Gasteiger partial charge < -0.3 is 11.1 Å². The van der Waals surface area contributed by atoms with Crippen LogP contribution in [-0.4, -0.2) is 24.0 Å². The normalized spacial score (nSPS) is 12.4. The van der Waals surface area contributed by atoms with E-state index < -0.39 is 0 Å². The zero-order chi connectivity index (χ0) is 14.1. The Bertz CT molecular complexity index is 379. The van der Waals surface area contributed by atoms with Gasteiger partial charge in [0.25, 0.3) is 0 Å². The molecule has 0 saturated heterocycles. The van der Waals surface area contributed by atoms with Crippen LogP contribution in [0.1, 0.15) is 43.3 Å². The van der Waals surface area contributed by atoms with Crippen molar-refractivity contribution >= 4 is 17.2 Å². The Labute approximate surface area is 119 Å². The number of carbonyl (C=O) groups excluding carboxylic acids is 1. The second-order valence-electron chi connectivity index (χ2n) is 4.85. The van der Waals surface area contributed by atoms with Crippen LogP contribution in [0.4, 0.5) is 0 Å². The van der Waals surface area contributed by atoms with E-state index in [1.54, 1.807) is 11.3 Å². The molecule has 5 heteroatoms. The Morgan fingerprint density at radius 1 is 1.53 bits per heavy atom. The molecular formula is C14H25N3OS. The van der Waals surface area contributed by atoms with E-state index in [2.05, 4.69) is 22.6 Å². The standard InChI is InChI=1S/C14H25N3OS/c1-3-12(6-8-15)4-5-14(18)16-9-7-13-10-19-11(2)17-13/h10,12H,3-9,15H2,1-2H3,(H,16,18). The molecule has 0 aromatic carbocycles. The number of carbonyl (C=O) groups is 1. The largest absolute Gasteiger partial charge is 0.356 e. The number of nitrogens with two attached hydrogens (primary N) is 1. The van der Waals surface area contributed by atoms with Gasteiger partial charge in [0.1, 0.15) is 0 Å². The molecule has 108 valence electrons. The molecule has 19 heavy (non-hydrogen) atoms. The van der Waals surface area contributed by atoms with Crippen molar-refractivity contribution in [2.45, 2.75) is 46.0 Å². The molecule has 0 aliphatic heterocycles. The van der Waals surface area contributed by atoms with Gasteiger partial charge in [-0.1, -0.05) is 13.3 Å². The van der Waals surface area contributed by atoms with Crippen LogP contribution < -0.4 is 11.1 Å². The number of aromatic nitrogens is 1. The van der Waals surface area contributed by atoms with E-state index in [1.165, 1.54) is 0 Å². The first kappa shape index (κ1) is 16.1. The van der Waals surface area contributed by atoms with Crippen LogP contribution in [0, 0.1) is 12.8 Å². The van der Waals surface area contributed by atoms with Crippen LogP contribution >= 0.6 is 11.3 Å². The Balaban J connectivity index is 2.14. The highest BCUT2D eigenvalue weighted by atomic mass is 32.1. The highest BCUT2D eigenvalue weighted by Crippen LogP contribution is 2.14. The number of nitrogens with one attached hydrogen (secondary N) is 1. The lowest BCUT2D eigenvalue weighted by atomic mass is 9.96. The summed E-state index contributed by atoms with van der Waals surface area (Å²) < 4.78 is 0. The van der Waals surface area contributed by atoms with Crippen LogP contribution in [0.5, 0.6) is 0 Å². The molecule has 1 heterocycles. The number of hydrogen-bond donors (Lipinski definition) is 2. The fourth-order valence-electron chi connectivity index (χ4n) is 2.06. The summed E-state index contributed by atoms with van der Waals surface area (Å²) >= 11 is 1.65. The third-order valence-electron chi connectivity index (χ3n) is 3.30. The van der Waals surface area contributed by atoms with E-state index in [1.807, 2.05) is 6.92 Å². The van der Waals surface area contributed by atoms with Crippen LogP contribution in [0.15, 0.2) is 5.38 Å². The summed E-state index contributed by atoms with van der Waals surface area (Å²) in [5.74, 6) is 0.722. The molecule has 0 aliphatic carbocycles. The average Bonchev–Trinajstić information content (AvgIpc) is 2.80. The number of nitrogens with zero attached hydrogens (tertiary/aromatic N) is 1. The third-order valence-corrected chi connectivity index (χ3v) is 4.12. The van der Waals surface area contributed by atoms with E-state index in [0.29, 0.717) is 25.4 Å². The second-order valence-corrected chi connectivity index (χ2v) is 5.91. The van der Waals surface area contributed by atoms with Gasteiger partial charge in [-0.15, -0.1) is 11.3 Å². The molecule has 0 spiro atoms. The Hall–Kier alpha value is -0.940. The molecule has 1 aromatic rings. The van der Waals surface area contributed by atoms with Crippen molar-refractivity contribution in [1.29, 1.82) is 0 Å². The molecule has 1 rings (SSSR count). The average molecular weight is 283 g/mol. The second kappa shape index (κ2) is 9.04. The molecule has 0 saturated carbocycles. The van der Waals surface area contributed by atoms with Gasteiger partial charge >= 0.3 is 0 Å². The van der Waals surface area contributed by atoms with Gasteiger partial charge in [-0.25, -0.2) is 4.98 Å². The summed E-state index contributed by atoms with van der Waals surface area (Å²) in [5.41, 5.74) is 6.62. The lowest BCUT2D eigenvalue weighted by molar-refractivity contribution is -0.121. The molecule has 3 N–H and O–H groups in total. The first-order valence-electron chi connectivity index (χ1n) is 7.03. The third kappa shape index (κ3) is 6.68. The highest BCUT2D eigenvalue weighted by molar-refractivity contribution is 7.09. The van der Waals surface area contributed by atoms with Gasteiger partial charge in [-0.05, 0) is 32.2 Å². The van der Waals surface area contributed by atoms with Crippen molar-refractivity contribution in [2.24, 2.45) is 11.7 Å². The summed E-state index contributed by atoms with van der Waals surface area (Å²) in [5, 5.41) is 6.09. The minimum Gasteiger partial charge on any atom is -0.356 e. The van der Waals surface area contributed by atoms with Crippen LogP contribution in [0.3, 0.4) is 0 Å². The van der Waals surface area contributed by atoms with Crippen molar-refractivity contribution in [3.63, 3.8) is 0 Å². The molecule has 4 nitrogen and oxygen atoms in total. The minimum absolute atomic E-state index is 0.141. The van der Waals surface area contributed by atoms with Crippen molar-refractivity contribution in [3.05, 3.63) is 16.1 Å². The number of rotatable bonds is 9. The zero-order valence-corrected chi connectivity index (χ0v) is 12.8. The first-order valence-corrected chi connectivity index (χ1v) is 7.91. The molecule has 0 radical (unpaired) electrons. The maximum atomic E-state index is 11.7. The van der Waals surface area contributed by atoms with Gasteiger partial charge in [0.2, 0.25) is 5.91 Å². The molecule has 0 aliphatic rings. The molecular weight excluding hydrogens is 258 g/mol. The molecule has 1 atom stereocenters. The summed E-state index contributed by atoms with van der Waals surface area (Å²) in [6.45, 7) is 5.54. The van der Waals surface area contributed by atoms with E-state index in [4.69, 9.17) is 5.73 Å². The summed E-state index contributed by atoms with van der Waals surface area (Å²) in [7, 11) is 0. The van der Waals surface area contributed by atoms with Crippen molar-refractivity contribution in [2.75, 3.05) is 13.1 Å². The molecule has 1 amide bonds. The quantitative estimate of drug-likeness (QED) is 0.730. The fourth-order valence-corrected chi connectivity index (χ4v) is 2.71. The summed E-state index contributed by atoms with van der Waals surface area (Å²) in [6.07, 6.45) is 4.48. The van der Waals surface area contributed by atoms with E-state index in [0.717, 1.165) is 36.4 Å². The van der Waals surface area contributed by atoms with Gasteiger partial charge in [-0.2, -0.15) is 0 Å². The summed E-state index contributed by atoms with van der Waals surface area (Å²) in [4.78, 5) is 16.1. The topological polar surface area (TPSA) is 68.0 Å². The van der Waals surface area contributed by atoms with Crippen molar-refractivity contribution < 1.29 is 4.79 Å². The highest BCUT2D eigenvalue weighted by Gasteiger charge is 2.08. The zero-order valence-electron chi connectivity index (χ0n) is 11.9. The number of hydrogen-bond acceptors (Lipinski definition) is 4. The van der Waals surface area contributed by atoms with Crippen LogP contribution in [0.25, 0.3) is 0 Å². The van der Waals surface area contributed by atoms with Crippen molar-refractivity contribution in [1.82, 2.24) is 10.3 Å². The summed E-state index contributed by atoms with van der Waals surface area (Å²) in [6, 6.07) is 0. The van der Waals surface area contributed by atoms with Gasteiger partial charge in [0.15, 0.2) is 0 Å². The number of amides is 1. The van der Waals surface area contributed by atoms with Gasteiger partial charge in [0, 0.05) is 24.8 Å². The van der Waals surface area contributed by atoms with Crippen LogP contribution in [-0.2, 0) is 11.2 Å². The maximum absolute atomic E-state index is 11.7. The Kier molecular flexibility index (Phi) is 7.67. The SMILES string of the molecule is CCC(CCN)CCC(=O)NCCc1csc(C)n1. The monoisotopic (exact) mass is 283 g/mol. The predicted octanol–water partition coefficient (Wildman–Crippen LogP) is 2.27. The first-order chi connectivity index (χ1) is 9.15. The fraction of sp³-hybridized carbons (Fsp3) is 0.714. The van der Waals surface area contributed by atoms with Gasteiger partial charge in [-0.3, -0.25) is 4.79 Å². The molecule has 0 fully saturated rings. The number of thiazole rings is 1. The van der Waals surface area contributed by atoms with E-state index in [9.17, 15) is 4.79 Å². The Morgan fingerprint density at radius 2 is 2.32 bits per heavy atom. The molecule has 1 unspecified atom stereocenters. The minimum atomic E-state index is 0.141. The van der Waals surface area contributed by atoms with E-state index >= 15 is 0 Å². The lowest BCUT2D eigenvalue weighted by Crippen LogP contribution is -2.26. The molecule has 0 bridgehead atoms. The smallest absolute Gasteiger partial charge is 0.220 e. The number of aryl methyl sites for hydroxylation is 1. The lowest BCUT2D eigenvalue weighted by Gasteiger charge is -2.13. The molecule has 1 aromatic heterocycles. The Morgan fingerprint density at radius 3 is 2.89 bits per heavy atom. The van der Waals surface area contributed by atoms with E-state index in [-0.39, 0.29) is 5.91 Å². The van der Waals surface area contributed by atoms with Crippen molar-refractivity contribution in [3.8, 4) is 0 Å².